The topological polar surface area (TPSA) is 155 Å². The third kappa shape index (κ3) is 4.82. The third-order valence-corrected chi connectivity index (χ3v) is 5.62. The van der Waals surface area contributed by atoms with Gasteiger partial charge in [-0.1, -0.05) is 11.3 Å². The molecule has 4 aromatic rings. The van der Waals surface area contributed by atoms with E-state index in [4.69, 9.17) is 5.26 Å². The first kappa shape index (κ1) is 23.1. The van der Waals surface area contributed by atoms with Crippen molar-refractivity contribution in [1.82, 2.24) is 35.3 Å². The Morgan fingerprint density at radius 3 is 2.76 bits per heavy atom. The summed E-state index contributed by atoms with van der Waals surface area (Å²) in [6.45, 7) is 4.07. The number of halogens is 1. The summed E-state index contributed by atoms with van der Waals surface area (Å²) in [5.41, 5.74) is -0.240. The van der Waals surface area contributed by atoms with Crippen LogP contribution in [0.1, 0.15) is 34.8 Å². The average Bonchev–Trinajstić information content (AvgIpc) is 3.41. The third-order valence-electron chi connectivity index (χ3n) is 4.86. The normalized spacial score (nSPS) is 12.4. The predicted molar refractivity (Wildman–Crippen MR) is 123 cm³/mol. The number of nitrogens with zero attached hydrogens (tertiary/aromatic N) is 7. The van der Waals surface area contributed by atoms with Crippen LogP contribution in [-0.2, 0) is 0 Å². The zero-order chi connectivity index (χ0) is 24.5. The molecular formula is C21H20FN9O2S. The highest BCUT2D eigenvalue weighted by Crippen LogP contribution is 2.26. The number of aromatic nitrogens is 6. The van der Waals surface area contributed by atoms with Gasteiger partial charge in [-0.3, -0.25) is 4.79 Å². The zero-order valence-electron chi connectivity index (χ0n) is 18.4. The van der Waals surface area contributed by atoms with Crippen LogP contribution in [0.25, 0.3) is 16.9 Å². The lowest BCUT2D eigenvalue weighted by atomic mass is 10.0. The van der Waals surface area contributed by atoms with E-state index < -0.39 is 17.7 Å². The molecule has 13 heteroatoms. The molecule has 34 heavy (non-hydrogen) atoms. The van der Waals surface area contributed by atoms with E-state index in [2.05, 4.69) is 35.9 Å². The summed E-state index contributed by atoms with van der Waals surface area (Å²) in [7, 11) is 0. The Bertz CT molecular complexity index is 1400. The minimum Gasteiger partial charge on any atom is -0.387 e. The Morgan fingerprint density at radius 2 is 2.09 bits per heavy atom. The van der Waals surface area contributed by atoms with E-state index in [0.717, 1.165) is 5.01 Å². The first-order valence-corrected chi connectivity index (χ1v) is 10.9. The second-order valence-electron chi connectivity index (χ2n) is 7.98. The summed E-state index contributed by atoms with van der Waals surface area (Å²) >= 11 is 1.29. The molecule has 0 aromatic carbocycles. The Labute approximate surface area is 197 Å². The van der Waals surface area contributed by atoms with Gasteiger partial charge in [-0.25, -0.2) is 14.4 Å². The first-order valence-electron chi connectivity index (χ1n) is 10.1. The van der Waals surface area contributed by atoms with Crippen LogP contribution >= 0.6 is 11.3 Å². The molecule has 0 bridgehead atoms. The quantitative estimate of drug-likeness (QED) is 0.361. The van der Waals surface area contributed by atoms with Gasteiger partial charge in [0.05, 0.1) is 35.2 Å². The molecule has 3 N–H and O–H groups in total. The molecule has 0 saturated carbocycles. The Kier molecular flexibility index (Phi) is 6.18. The summed E-state index contributed by atoms with van der Waals surface area (Å²) in [5, 5.41) is 38.5. The SMILES string of the molecule is Cc1nnc(Nc2cc(-n3ncc4cc(C#N)cnc43)ncc2C(=O)NC[C@@H](F)C(C)(C)O)s1. The van der Waals surface area contributed by atoms with Gasteiger partial charge in [-0.15, -0.1) is 10.2 Å². The van der Waals surface area contributed by atoms with Crippen LogP contribution in [0, 0.1) is 18.3 Å². The Morgan fingerprint density at radius 1 is 1.29 bits per heavy atom. The Hall–Kier alpha value is -4.02. The lowest BCUT2D eigenvalue weighted by molar-refractivity contribution is -0.00177. The lowest BCUT2D eigenvalue weighted by Crippen LogP contribution is -2.42. The minimum absolute atomic E-state index is 0.135. The van der Waals surface area contributed by atoms with Crippen LogP contribution in [-0.4, -0.2) is 59.3 Å². The molecule has 0 aliphatic carbocycles. The standard InChI is InChI=1S/C21H20FN9O2S/c1-11-29-30-20(34-11)28-15-5-17(31-18-13(8-27-31)4-12(6-23)7-25-18)24-9-14(15)19(32)26-10-16(22)21(2,3)33/h4-5,7-9,16,33H,10H2,1-3H3,(H,26,32)(H,24,28,30)/t16-/m1/s1. The molecule has 0 spiro atoms. The molecule has 4 aromatic heterocycles. The van der Waals surface area contributed by atoms with Gasteiger partial charge < -0.3 is 15.7 Å². The van der Waals surface area contributed by atoms with Gasteiger partial charge in [0.25, 0.3) is 5.91 Å². The molecule has 0 aliphatic heterocycles. The van der Waals surface area contributed by atoms with Gasteiger partial charge in [-0.2, -0.15) is 15.0 Å². The molecule has 0 radical (unpaired) electrons. The Balaban J connectivity index is 1.70. The van der Waals surface area contributed by atoms with E-state index in [0.29, 0.717) is 33.2 Å². The number of nitrogens with one attached hydrogen (secondary N) is 2. The van der Waals surface area contributed by atoms with Crippen LogP contribution in [0.5, 0.6) is 0 Å². The van der Waals surface area contributed by atoms with Crippen molar-refractivity contribution in [1.29, 1.82) is 5.26 Å². The molecule has 11 nitrogen and oxygen atoms in total. The van der Waals surface area contributed by atoms with Crippen molar-refractivity contribution in [2.45, 2.75) is 32.5 Å². The van der Waals surface area contributed by atoms with Crippen LogP contribution in [0.2, 0.25) is 0 Å². The molecule has 1 amide bonds. The number of alkyl halides is 1. The molecule has 4 rings (SSSR count). The van der Waals surface area contributed by atoms with E-state index in [1.807, 2.05) is 6.07 Å². The maximum absolute atomic E-state index is 14.1. The van der Waals surface area contributed by atoms with Gasteiger partial charge in [0.15, 0.2) is 11.5 Å². The average molecular weight is 482 g/mol. The zero-order valence-corrected chi connectivity index (χ0v) is 19.3. The molecule has 0 unspecified atom stereocenters. The number of carbonyl (C=O) groups excluding carboxylic acids is 1. The number of aryl methyl sites for hydroxylation is 1. The van der Waals surface area contributed by atoms with Gasteiger partial charge in [0, 0.05) is 23.8 Å². The lowest BCUT2D eigenvalue weighted by Gasteiger charge is -2.22. The second-order valence-corrected chi connectivity index (χ2v) is 9.16. The van der Waals surface area contributed by atoms with Gasteiger partial charge >= 0.3 is 0 Å². The molecular weight excluding hydrogens is 461 g/mol. The number of anilines is 2. The number of aliphatic hydroxyl groups is 1. The predicted octanol–water partition coefficient (Wildman–Crippen LogP) is 2.43. The molecule has 0 aliphatic rings. The van der Waals surface area contributed by atoms with E-state index in [9.17, 15) is 14.3 Å². The summed E-state index contributed by atoms with van der Waals surface area (Å²) in [6, 6.07) is 5.28. The van der Waals surface area contributed by atoms with E-state index in [1.54, 1.807) is 25.3 Å². The van der Waals surface area contributed by atoms with E-state index >= 15 is 0 Å². The summed E-state index contributed by atoms with van der Waals surface area (Å²) in [6.07, 6.45) is 2.66. The first-order chi connectivity index (χ1) is 16.2. The highest BCUT2D eigenvalue weighted by Gasteiger charge is 2.27. The van der Waals surface area contributed by atoms with Crippen molar-refractivity contribution in [3.63, 3.8) is 0 Å². The molecule has 0 saturated heterocycles. The van der Waals surface area contributed by atoms with Crippen molar-refractivity contribution in [2.75, 3.05) is 11.9 Å². The van der Waals surface area contributed by atoms with Crippen LogP contribution in [0.4, 0.5) is 15.2 Å². The number of hydrogen-bond donors (Lipinski definition) is 3. The molecule has 0 fully saturated rings. The molecule has 4 heterocycles. The van der Waals surface area contributed by atoms with Gasteiger partial charge in [0.2, 0.25) is 5.13 Å². The number of amides is 1. The highest BCUT2D eigenvalue weighted by molar-refractivity contribution is 7.15. The van der Waals surface area contributed by atoms with Crippen molar-refractivity contribution in [2.24, 2.45) is 0 Å². The smallest absolute Gasteiger partial charge is 0.255 e. The number of nitriles is 1. The molecule has 1 atom stereocenters. The largest absolute Gasteiger partial charge is 0.387 e. The van der Waals surface area contributed by atoms with Crippen LogP contribution in [0.15, 0.2) is 30.7 Å². The summed E-state index contributed by atoms with van der Waals surface area (Å²) in [4.78, 5) is 21.5. The van der Waals surface area contributed by atoms with Gasteiger partial charge in [0.1, 0.15) is 17.2 Å². The highest BCUT2D eigenvalue weighted by atomic mass is 32.1. The maximum Gasteiger partial charge on any atom is 0.255 e. The van der Waals surface area contributed by atoms with Crippen LogP contribution in [0.3, 0.4) is 0 Å². The van der Waals surface area contributed by atoms with Crippen molar-refractivity contribution >= 4 is 39.1 Å². The number of rotatable bonds is 7. The van der Waals surface area contributed by atoms with Crippen molar-refractivity contribution in [3.8, 4) is 11.9 Å². The summed E-state index contributed by atoms with van der Waals surface area (Å²) < 4.78 is 15.6. The number of pyridine rings is 2. The van der Waals surface area contributed by atoms with E-state index in [1.165, 1.54) is 42.3 Å². The second kappa shape index (κ2) is 9.08. The maximum atomic E-state index is 14.1. The van der Waals surface area contributed by atoms with Gasteiger partial charge in [-0.05, 0) is 26.8 Å². The fourth-order valence-corrected chi connectivity index (χ4v) is 3.59. The molecule has 174 valence electrons. The number of hydrogen-bond acceptors (Lipinski definition) is 10. The number of carbonyl (C=O) groups is 1. The summed E-state index contributed by atoms with van der Waals surface area (Å²) in [5.74, 6) is -0.232. The number of fused-ring (bicyclic) bond motifs is 1. The minimum atomic E-state index is -1.66. The fraction of sp³-hybridized carbons (Fsp3) is 0.286. The van der Waals surface area contributed by atoms with Crippen LogP contribution < -0.4 is 10.6 Å². The monoisotopic (exact) mass is 481 g/mol. The fourth-order valence-electron chi connectivity index (χ4n) is 2.98. The van der Waals surface area contributed by atoms with Crippen molar-refractivity contribution in [3.05, 3.63) is 46.9 Å². The van der Waals surface area contributed by atoms with E-state index in [-0.39, 0.29) is 12.1 Å². The van der Waals surface area contributed by atoms with Crippen molar-refractivity contribution < 1.29 is 14.3 Å².